The first-order chi connectivity index (χ1) is 16.2. The molecule has 2 aliphatic heterocycles. The molecule has 1 aromatic heterocycles. The summed E-state index contributed by atoms with van der Waals surface area (Å²) >= 11 is 0. The second kappa shape index (κ2) is 9.88. The molecule has 4 heteroatoms. The Morgan fingerprint density at radius 3 is 2.00 bits per heavy atom. The van der Waals surface area contributed by atoms with Crippen LogP contribution in [0.1, 0.15) is 48.4 Å². The summed E-state index contributed by atoms with van der Waals surface area (Å²) in [4.78, 5) is 22.3. The quantitative estimate of drug-likeness (QED) is 0.513. The van der Waals surface area contributed by atoms with Crippen molar-refractivity contribution >= 4 is 5.91 Å². The molecule has 1 spiro atoms. The standard InChI is InChI=1S/C29H33N3O/c33-28-29(17-22-32(28)23-26-13-7-8-18-30-26)15-20-31(21-16-29)19-14-27(24-9-3-1-4-10-24)25-11-5-2-6-12-25/h1-13,18,27H,14-17,19-23H2. The van der Waals surface area contributed by atoms with Crippen LogP contribution in [0.5, 0.6) is 0 Å². The van der Waals surface area contributed by atoms with Crippen molar-refractivity contribution in [2.75, 3.05) is 26.2 Å². The number of carbonyl (C=O) groups excluding carboxylic acids is 1. The number of hydrogen-bond acceptors (Lipinski definition) is 3. The number of likely N-dealkylation sites (tertiary alicyclic amines) is 2. The lowest BCUT2D eigenvalue weighted by Gasteiger charge is -2.38. The molecule has 0 bridgehead atoms. The van der Waals surface area contributed by atoms with E-state index in [2.05, 4.69) is 70.5 Å². The van der Waals surface area contributed by atoms with Gasteiger partial charge in [0.25, 0.3) is 0 Å². The molecule has 5 rings (SSSR count). The van der Waals surface area contributed by atoms with Crippen LogP contribution in [0.25, 0.3) is 0 Å². The van der Waals surface area contributed by atoms with Crippen LogP contribution in [0, 0.1) is 5.41 Å². The van der Waals surface area contributed by atoms with Crippen LogP contribution in [0.2, 0.25) is 0 Å². The summed E-state index contributed by atoms with van der Waals surface area (Å²) in [5.41, 5.74) is 3.60. The van der Waals surface area contributed by atoms with Gasteiger partial charge in [-0.15, -0.1) is 0 Å². The number of hydrogen-bond donors (Lipinski definition) is 0. The maximum Gasteiger partial charge on any atom is 0.229 e. The van der Waals surface area contributed by atoms with Crippen molar-refractivity contribution in [3.8, 4) is 0 Å². The Bertz CT molecular complexity index is 991. The Morgan fingerprint density at radius 2 is 1.39 bits per heavy atom. The van der Waals surface area contributed by atoms with Gasteiger partial charge in [-0.3, -0.25) is 9.78 Å². The molecule has 2 aromatic carbocycles. The first-order valence-corrected chi connectivity index (χ1v) is 12.3. The van der Waals surface area contributed by atoms with Crippen LogP contribution in [0.4, 0.5) is 0 Å². The van der Waals surface area contributed by atoms with E-state index in [1.807, 2.05) is 29.3 Å². The predicted molar refractivity (Wildman–Crippen MR) is 132 cm³/mol. The number of rotatable bonds is 7. The molecule has 4 nitrogen and oxygen atoms in total. The van der Waals surface area contributed by atoms with Crippen molar-refractivity contribution < 1.29 is 4.79 Å². The first-order valence-electron chi connectivity index (χ1n) is 12.3. The number of pyridine rings is 1. The number of aromatic nitrogens is 1. The Morgan fingerprint density at radius 1 is 0.788 bits per heavy atom. The summed E-state index contributed by atoms with van der Waals surface area (Å²) in [5.74, 6) is 0.754. The lowest BCUT2D eigenvalue weighted by atomic mass is 9.77. The number of nitrogens with zero attached hydrogens (tertiary/aromatic N) is 3. The lowest BCUT2D eigenvalue weighted by molar-refractivity contribution is -0.138. The van der Waals surface area contributed by atoms with E-state index in [9.17, 15) is 4.79 Å². The van der Waals surface area contributed by atoms with E-state index < -0.39 is 0 Å². The molecule has 0 atom stereocenters. The number of piperidine rings is 1. The van der Waals surface area contributed by atoms with Crippen molar-refractivity contribution in [3.63, 3.8) is 0 Å². The maximum absolute atomic E-state index is 13.3. The van der Waals surface area contributed by atoms with Gasteiger partial charge in [-0.05, 0) is 68.6 Å². The van der Waals surface area contributed by atoms with Gasteiger partial charge in [-0.1, -0.05) is 66.7 Å². The van der Waals surface area contributed by atoms with Crippen LogP contribution in [-0.2, 0) is 11.3 Å². The second-order valence-electron chi connectivity index (χ2n) is 9.58. The van der Waals surface area contributed by atoms with Gasteiger partial charge in [0, 0.05) is 18.7 Å². The Hall–Kier alpha value is -2.98. The van der Waals surface area contributed by atoms with Gasteiger partial charge in [0.05, 0.1) is 17.7 Å². The van der Waals surface area contributed by atoms with Crippen LogP contribution in [0.3, 0.4) is 0 Å². The number of amides is 1. The molecule has 3 heterocycles. The topological polar surface area (TPSA) is 36.4 Å². The Kier molecular flexibility index (Phi) is 6.54. The van der Waals surface area contributed by atoms with Crippen molar-refractivity contribution in [1.82, 2.24) is 14.8 Å². The third-order valence-electron chi connectivity index (χ3n) is 7.63. The minimum Gasteiger partial charge on any atom is -0.336 e. The van der Waals surface area contributed by atoms with E-state index in [1.165, 1.54) is 11.1 Å². The fourth-order valence-corrected chi connectivity index (χ4v) is 5.61. The van der Waals surface area contributed by atoms with Crippen molar-refractivity contribution in [3.05, 3.63) is 102 Å². The molecule has 3 aromatic rings. The van der Waals surface area contributed by atoms with E-state index in [-0.39, 0.29) is 5.41 Å². The lowest BCUT2D eigenvalue weighted by Crippen LogP contribution is -2.45. The first kappa shape index (κ1) is 21.8. The average Bonchev–Trinajstić information content (AvgIpc) is 3.17. The summed E-state index contributed by atoms with van der Waals surface area (Å²) < 4.78 is 0. The zero-order chi connectivity index (χ0) is 22.5. The molecule has 1 amide bonds. The Labute approximate surface area is 197 Å². The van der Waals surface area contributed by atoms with E-state index in [4.69, 9.17) is 0 Å². The van der Waals surface area contributed by atoms with E-state index in [0.29, 0.717) is 18.4 Å². The molecule has 2 fully saturated rings. The monoisotopic (exact) mass is 439 g/mol. The van der Waals surface area contributed by atoms with Crippen molar-refractivity contribution in [2.45, 2.75) is 38.1 Å². The van der Waals surface area contributed by atoms with Gasteiger partial charge in [-0.25, -0.2) is 0 Å². The summed E-state index contributed by atoms with van der Waals surface area (Å²) in [5, 5.41) is 0. The van der Waals surface area contributed by atoms with E-state index >= 15 is 0 Å². The fraction of sp³-hybridized carbons (Fsp3) is 0.379. The molecular formula is C29H33N3O. The highest BCUT2D eigenvalue weighted by Crippen LogP contribution is 2.42. The predicted octanol–water partition coefficient (Wildman–Crippen LogP) is 5.12. The molecule has 170 valence electrons. The smallest absolute Gasteiger partial charge is 0.229 e. The molecule has 0 N–H and O–H groups in total. The molecular weight excluding hydrogens is 406 g/mol. The molecule has 33 heavy (non-hydrogen) atoms. The average molecular weight is 440 g/mol. The van der Waals surface area contributed by atoms with Crippen molar-refractivity contribution in [2.24, 2.45) is 5.41 Å². The molecule has 2 aliphatic rings. The Balaban J connectivity index is 1.19. The summed E-state index contributed by atoms with van der Waals surface area (Å²) in [6.07, 6.45) is 5.85. The third kappa shape index (κ3) is 4.86. The van der Waals surface area contributed by atoms with Gasteiger partial charge < -0.3 is 9.80 Å². The molecule has 0 radical (unpaired) electrons. The second-order valence-corrected chi connectivity index (χ2v) is 9.58. The van der Waals surface area contributed by atoms with Crippen LogP contribution >= 0.6 is 0 Å². The van der Waals surface area contributed by atoms with Gasteiger partial charge >= 0.3 is 0 Å². The third-order valence-corrected chi connectivity index (χ3v) is 7.63. The zero-order valence-electron chi connectivity index (χ0n) is 19.3. The van der Waals surface area contributed by atoms with Crippen molar-refractivity contribution in [1.29, 1.82) is 0 Å². The van der Waals surface area contributed by atoms with Gasteiger partial charge in [-0.2, -0.15) is 0 Å². The molecule has 0 unspecified atom stereocenters. The molecule has 0 saturated carbocycles. The zero-order valence-corrected chi connectivity index (χ0v) is 19.3. The van der Waals surface area contributed by atoms with Gasteiger partial charge in [0.1, 0.15) is 0 Å². The number of benzene rings is 2. The van der Waals surface area contributed by atoms with Gasteiger partial charge in [0.2, 0.25) is 5.91 Å². The van der Waals surface area contributed by atoms with Gasteiger partial charge in [0.15, 0.2) is 0 Å². The minimum absolute atomic E-state index is 0.149. The van der Waals surface area contributed by atoms with E-state index in [0.717, 1.165) is 57.6 Å². The highest BCUT2D eigenvalue weighted by molar-refractivity contribution is 5.85. The highest BCUT2D eigenvalue weighted by Gasteiger charge is 2.47. The minimum atomic E-state index is -0.149. The highest BCUT2D eigenvalue weighted by atomic mass is 16.2. The summed E-state index contributed by atoms with van der Waals surface area (Å²) in [7, 11) is 0. The van der Waals surface area contributed by atoms with E-state index in [1.54, 1.807) is 0 Å². The largest absolute Gasteiger partial charge is 0.336 e. The SMILES string of the molecule is O=C1N(Cc2ccccn2)CCC12CCN(CCC(c1ccccc1)c1ccccc1)CC2. The molecule has 0 aliphatic carbocycles. The fourth-order valence-electron chi connectivity index (χ4n) is 5.61. The van der Waals surface area contributed by atoms with Crippen LogP contribution in [0.15, 0.2) is 85.1 Å². The summed E-state index contributed by atoms with van der Waals surface area (Å²) in [6.45, 7) is 4.59. The molecule has 2 saturated heterocycles. The number of carbonyl (C=O) groups is 1. The van der Waals surface area contributed by atoms with Crippen LogP contribution < -0.4 is 0 Å². The van der Waals surface area contributed by atoms with Crippen LogP contribution in [-0.4, -0.2) is 46.9 Å². The summed E-state index contributed by atoms with van der Waals surface area (Å²) in [6, 6.07) is 27.6. The normalized spacial score (nSPS) is 18.3. The maximum atomic E-state index is 13.3.